The molecular weight excluding hydrogens is 430 g/mol. The minimum Gasteiger partial charge on any atom is -0.383 e. The van der Waals surface area contributed by atoms with Crippen LogP contribution in [0.1, 0.15) is 18.9 Å². The lowest BCUT2D eigenvalue weighted by Gasteiger charge is -2.23. The monoisotopic (exact) mass is 459 g/mol. The summed E-state index contributed by atoms with van der Waals surface area (Å²) in [5.74, 6) is -0.787. The number of sulfonamides is 1. The van der Waals surface area contributed by atoms with Crippen molar-refractivity contribution in [2.24, 2.45) is 5.92 Å². The van der Waals surface area contributed by atoms with Gasteiger partial charge in [0.25, 0.3) is 0 Å². The van der Waals surface area contributed by atoms with E-state index in [-0.39, 0.29) is 29.2 Å². The van der Waals surface area contributed by atoms with Gasteiger partial charge in [-0.3, -0.25) is 9.59 Å². The van der Waals surface area contributed by atoms with E-state index in [2.05, 4.69) is 10.0 Å². The van der Waals surface area contributed by atoms with Crippen molar-refractivity contribution in [3.05, 3.63) is 60.2 Å². The lowest BCUT2D eigenvalue weighted by molar-refractivity contribution is -0.130. The molecule has 2 unspecified atom stereocenters. The van der Waals surface area contributed by atoms with Crippen LogP contribution in [0, 0.1) is 5.92 Å². The van der Waals surface area contributed by atoms with Gasteiger partial charge in [-0.25, -0.2) is 13.1 Å². The molecule has 0 spiro atoms. The summed E-state index contributed by atoms with van der Waals surface area (Å²) in [6.07, 6.45) is 0.742. The summed E-state index contributed by atoms with van der Waals surface area (Å²) in [5.41, 5.74) is 1.53. The van der Waals surface area contributed by atoms with Gasteiger partial charge in [0.1, 0.15) is 0 Å². The number of nitrogens with one attached hydrogen (secondary N) is 2. The van der Waals surface area contributed by atoms with Crippen LogP contribution in [-0.2, 0) is 30.8 Å². The first-order chi connectivity index (χ1) is 15.3. The normalized spacial score (nSPS) is 17.4. The molecule has 8 nitrogen and oxygen atoms in total. The molecule has 2 atom stereocenters. The molecule has 9 heteroatoms. The van der Waals surface area contributed by atoms with Gasteiger partial charge in [-0.05, 0) is 43.2 Å². The number of methoxy groups -OCH3 is 1. The molecule has 0 radical (unpaired) electrons. The average Bonchev–Trinajstić information content (AvgIpc) is 3.17. The number of ether oxygens (including phenoxy) is 1. The number of carbonyl (C=O) groups excluding carboxylic acids is 2. The largest absolute Gasteiger partial charge is 0.383 e. The second kappa shape index (κ2) is 10.7. The molecule has 0 saturated carbocycles. The molecule has 1 heterocycles. The van der Waals surface area contributed by atoms with Crippen LogP contribution >= 0.6 is 0 Å². The van der Waals surface area contributed by atoms with E-state index in [1.54, 1.807) is 24.1 Å². The first-order valence-corrected chi connectivity index (χ1v) is 12.0. The Morgan fingerprint density at radius 2 is 1.84 bits per heavy atom. The zero-order chi connectivity index (χ0) is 23.1. The van der Waals surface area contributed by atoms with Gasteiger partial charge in [0.05, 0.1) is 23.5 Å². The van der Waals surface area contributed by atoms with Crippen LogP contribution in [0.15, 0.2) is 59.5 Å². The fourth-order valence-corrected chi connectivity index (χ4v) is 4.72. The molecule has 0 aliphatic carbocycles. The topological polar surface area (TPSA) is 105 Å². The van der Waals surface area contributed by atoms with Crippen molar-refractivity contribution >= 4 is 27.5 Å². The molecule has 172 valence electrons. The van der Waals surface area contributed by atoms with Crippen LogP contribution in [0.2, 0.25) is 0 Å². The number of benzene rings is 2. The van der Waals surface area contributed by atoms with Crippen LogP contribution in [-0.4, -0.2) is 58.0 Å². The lowest BCUT2D eigenvalue weighted by Crippen LogP contribution is -2.38. The maximum atomic E-state index is 12.6. The smallest absolute Gasteiger partial charge is 0.240 e. The SMILES string of the molecule is COCC(C)N1CC(C(=O)Nc2ccc(S(=O)(=O)NCCc3ccccc3)cc2)CC1=O. The molecule has 0 aromatic heterocycles. The molecule has 1 aliphatic rings. The zero-order valence-electron chi connectivity index (χ0n) is 18.3. The Balaban J connectivity index is 1.53. The highest BCUT2D eigenvalue weighted by Crippen LogP contribution is 2.22. The van der Waals surface area contributed by atoms with Crippen molar-refractivity contribution in [3.63, 3.8) is 0 Å². The van der Waals surface area contributed by atoms with Gasteiger partial charge >= 0.3 is 0 Å². The van der Waals surface area contributed by atoms with Crippen molar-refractivity contribution in [2.75, 3.05) is 32.1 Å². The molecule has 2 aromatic rings. The summed E-state index contributed by atoms with van der Waals surface area (Å²) in [5, 5.41) is 2.77. The third-order valence-electron chi connectivity index (χ3n) is 5.45. The van der Waals surface area contributed by atoms with Gasteiger partial charge in [-0.15, -0.1) is 0 Å². The average molecular weight is 460 g/mol. The Bertz CT molecular complexity index is 1030. The lowest BCUT2D eigenvalue weighted by atomic mass is 10.1. The van der Waals surface area contributed by atoms with E-state index in [1.165, 1.54) is 12.1 Å². The number of nitrogens with zero attached hydrogens (tertiary/aromatic N) is 1. The summed E-state index contributed by atoms with van der Waals surface area (Å²) < 4.78 is 32.7. The van der Waals surface area contributed by atoms with E-state index in [0.29, 0.717) is 31.8 Å². The number of hydrogen-bond donors (Lipinski definition) is 2. The van der Waals surface area contributed by atoms with Crippen molar-refractivity contribution in [1.29, 1.82) is 0 Å². The minimum absolute atomic E-state index is 0.0716. The minimum atomic E-state index is -3.65. The van der Waals surface area contributed by atoms with Gasteiger partial charge in [0.15, 0.2) is 0 Å². The van der Waals surface area contributed by atoms with Gasteiger partial charge in [0, 0.05) is 32.3 Å². The number of likely N-dealkylation sites (tertiary alicyclic amines) is 1. The van der Waals surface area contributed by atoms with Gasteiger partial charge < -0.3 is 15.0 Å². The maximum absolute atomic E-state index is 12.6. The van der Waals surface area contributed by atoms with Crippen LogP contribution in [0.3, 0.4) is 0 Å². The maximum Gasteiger partial charge on any atom is 0.240 e. The van der Waals surface area contributed by atoms with Crippen LogP contribution in [0.4, 0.5) is 5.69 Å². The Kier molecular flexibility index (Phi) is 8.00. The van der Waals surface area contributed by atoms with Crippen LogP contribution in [0.5, 0.6) is 0 Å². The highest BCUT2D eigenvalue weighted by molar-refractivity contribution is 7.89. The van der Waals surface area contributed by atoms with Crippen molar-refractivity contribution in [2.45, 2.75) is 30.7 Å². The van der Waals surface area contributed by atoms with Crippen molar-refractivity contribution in [3.8, 4) is 0 Å². The molecule has 2 amide bonds. The zero-order valence-corrected chi connectivity index (χ0v) is 19.1. The quantitative estimate of drug-likeness (QED) is 0.566. The number of carbonyl (C=O) groups is 2. The van der Waals surface area contributed by atoms with E-state index >= 15 is 0 Å². The van der Waals surface area contributed by atoms with Gasteiger partial charge in [0.2, 0.25) is 21.8 Å². The Labute approximate surface area is 189 Å². The molecule has 2 aromatic carbocycles. The molecule has 1 saturated heterocycles. The first kappa shape index (κ1) is 23.9. The predicted octanol–water partition coefficient (Wildman–Crippen LogP) is 2.03. The molecule has 0 bridgehead atoms. The second-order valence-corrected chi connectivity index (χ2v) is 9.67. The fraction of sp³-hybridized carbons (Fsp3) is 0.391. The third kappa shape index (κ3) is 6.15. The van der Waals surface area contributed by atoms with Crippen LogP contribution < -0.4 is 10.0 Å². The molecular formula is C23H29N3O5S. The summed E-state index contributed by atoms with van der Waals surface area (Å²) in [6.45, 7) is 2.93. The predicted molar refractivity (Wildman–Crippen MR) is 122 cm³/mol. The Hall–Kier alpha value is -2.75. The standard InChI is InChI=1S/C23H29N3O5S/c1-17(16-31-2)26-15-19(14-22(26)27)23(28)25-20-8-10-21(11-9-20)32(29,30)24-13-12-18-6-4-3-5-7-18/h3-11,17,19,24H,12-16H2,1-2H3,(H,25,28). The fourth-order valence-electron chi connectivity index (χ4n) is 3.68. The Morgan fingerprint density at radius 1 is 1.16 bits per heavy atom. The van der Waals surface area contributed by atoms with Crippen molar-refractivity contribution < 1.29 is 22.7 Å². The van der Waals surface area contributed by atoms with Gasteiger partial charge in [-0.1, -0.05) is 30.3 Å². The summed E-state index contributed by atoms with van der Waals surface area (Å²) in [6, 6.07) is 15.5. The van der Waals surface area contributed by atoms with Crippen LogP contribution in [0.25, 0.3) is 0 Å². The Morgan fingerprint density at radius 3 is 2.50 bits per heavy atom. The highest BCUT2D eigenvalue weighted by atomic mass is 32.2. The third-order valence-corrected chi connectivity index (χ3v) is 6.93. The number of anilines is 1. The van der Waals surface area contributed by atoms with Crippen molar-refractivity contribution in [1.82, 2.24) is 9.62 Å². The van der Waals surface area contributed by atoms with Gasteiger partial charge in [-0.2, -0.15) is 0 Å². The summed E-state index contributed by atoms with van der Waals surface area (Å²) in [7, 11) is -2.07. The molecule has 1 fully saturated rings. The number of rotatable bonds is 10. The van der Waals surface area contributed by atoms with E-state index < -0.39 is 15.9 Å². The van der Waals surface area contributed by atoms with E-state index in [0.717, 1.165) is 5.56 Å². The number of amides is 2. The molecule has 1 aliphatic heterocycles. The number of hydrogen-bond acceptors (Lipinski definition) is 5. The van der Waals surface area contributed by atoms with E-state index in [1.807, 2.05) is 37.3 Å². The van der Waals surface area contributed by atoms with E-state index in [9.17, 15) is 18.0 Å². The summed E-state index contributed by atoms with van der Waals surface area (Å²) >= 11 is 0. The first-order valence-electron chi connectivity index (χ1n) is 10.5. The highest BCUT2D eigenvalue weighted by Gasteiger charge is 2.36. The molecule has 32 heavy (non-hydrogen) atoms. The second-order valence-electron chi connectivity index (χ2n) is 7.90. The molecule has 2 N–H and O–H groups in total. The van der Waals surface area contributed by atoms with E-state index in [4.69, 9.17) is 4.74 Å². The molecule has 3 rings (SSSR count). The summed E-state index contributed by atoms with van der Waals surface area (Å²) in [4.78, 5) is 26.6.